The van der Waals surface area contributed by atoms with Crippen LogP contribution in [0.3, 0.4) is 0 Å². The van der Waals surface area contributed by atoms with Crippen LogP contribution in [0, 0.1) is 6.92 Å². The maximum Gasteiger partial charge on any atom is 0.258 e. The van der Waals surface area contributed by atoms with Crippen LogP contribution in [0.1, 0.15) is 5.56 Å². The number of hydrogen-bond donors (Lipinski definition) is 2. The molecule has 0 aliphatic carbocycles. The van der Waals surface area contributed by atoms with Crippen molar-refractivity contribution in [2.24, 2.45) is 0 Å². The van der Waals surface area contributed by atoms with Gasteiger partial charge in [0.15, 0.2) is 12.4 Å². The Labute approximate surface area is 158 Å². The maximum atomic E-state index is 11.8. The van der Waals surface area contributed by atoms with Crippen molar-refractivity contribution in [2.45, 2.75) is 6.92 Å². The van der Waals surface area contributed by atoms with Crippen molar-refractivity contribution in [3.63, 3.8) is 0 Å². The van der Waals surface area contributed by atoms with Crippen molar-refractivity contribution in [3.8, 4) is 5.75 Å². The number of benzene rings is 1. The molecule has 1 aliphatic rings. The van der Waals surface area contributed by atoms with E-state index in [1.54, 1.807) is 6.20 Å². The monoisotopic (exact) mass is 371 g/mol. The van der Waals surface area contributed by atoms with Crippen LogP contribution < -0.4 is 20.3 Å². The number of hydrogen-bond acceptors (Lipinski definition) is 7. The molecule has 8 nitrogen and oxygen atoms in total. The number of ether oxygens (including phenoxy) is 2. The zero-order valence-electron chi connectivity index (χ0n) is 15.5. The molecule has 0 saturated carbocycles. The van der Waals surface area contributed by atoms with Gasteiger partial charge in [0.1, 0.15) is 5.75 Å². The number of morpholine rings is 1. The summed E-state index contributed by atoms with van der Waals surface area (Å²) in [6, 6.07) is 9.56. The molecule has 0 spiro atoms. The fourth-order valence-corrected chi connectivity index (χ4v) is 2.66. The standard InChI is InChI=1S/C19H25N5O3/c1-15-2-4-17(5-3-15)27-14-19(25)21-7-6-20-18-12-16(13-22-23-18)24-8-10-26-11-9-24/h2-5,12-13H,6-11,14H2,1H3,(H,20,23)(H,21,25). The van der Waals surface area contributed by atoms with Crippen LogP contribution in [-0.2, 0) is 9.53 Å². The Bertz CT molecular complexity index is 732. The Balaban J connectivity index is 1.35. The van der Waals surface area contributed by atoms with Crippen molar-refractivity contribution in [1.82, 2.24) is 15.5 Å². The lowest BCUT2D eigenvalue weighted by atomic mass is 10.2. The minimum atomic E-state index is -0.162. The zero-order chi connectivity index (χ0) is 18.9. The topological polar surface area (TPSA) is 88.6 Å². The maximum absolute atomic E-state index is 11.8. The fraction of sp³-hybridized carbons (Fsp3) is 0.421. The van der Waals surface area contributed by atoms with E-state index in [0.717, 1.165) is 37.6 Å². The highest BCUT2D eigenvalue weighted by Gasteiger charge is 2.12. The highest BCUT2D eigenvalue weighted by Crippen LogP contribution is 2.16. The van der Waals surface area contributed by atoms with Gasteiger partial charge in [0.25, 0.3) is 5.91 Å². The minimum Gasteiger partial charge on any atom is -0.484 e. The zero-order valence-corrected chi connectivity index (χ0v) is 15.5. The van der Waals surface area contributed by atoms with E-state index < -0.39 is 0 Å². The lowest BCUT2D eigenvalue weighted by Gasteiger charge is -2.28. The molecule has 1 fully saturated rings. The van der Waals surface area contributed by atoms with Gasteiger partial charge in [-0.05, 0) is 19.1 Å². The van der Waals surface area contributed by atoms with E-state index in [2.05, 4.69) is 25.7 Å². The molecule has 0 unspecified atom stereocenters. The summed E-state index contributed by atoms with van der Waals surface area (Å²) in [6.07, 6.45) is 1.75. The molecular weight excluding hydrogens is 346 g/mol. The van der Waals surface area contributed by atoms with Gasteiger partial charge in [0.05, 0.1) is 25.1 Å². The summed E-state index contributed by atoms with van der Waals surface area (Å²) in [4.78, 5) is 14.1. The van der Waals surface area contributed by atoms with E-state index in [9.17, 15) is 4.79 Å². The largest absolute Gasteiger partial charge is 0.484 e. The summed E-state index contributed by atoms with van der Waals surface area (Å²) < 4.78 is 10.8. The molecule has 144 valence electrons. The van der Waals surface area contributed by atoms with Crippen molar-refractivity contribution in [3.05, 3.63) is 42.1 Å². The third-order valence-corrected chi connectivity index (χ3v) is 4.16. The lowest BCUT2D eigenvalue weighted by Crippen LogP contribution is -2.36. The Morgan fingerprint density at radius 2 is 2.00 bits per heavy atom. The Morgan fingerprint density at radius 3 is 2.78 bits per heavy atom. The third-order valence-electron chi connectivity index (χ3n) is 4.16. The number of nitrogens with one attached hydrogen (secondary N) is 2. The van der Waals surface area contributed by atoms with Crippen LogP contribution in [0.25, 0.3) is 0 Å². The fourth-order valence-electron chi connectivity index (χ4n) is 2.66. The van der Waals surface area contributed by atoms with Crippen molar-refractivity contribution in [1.29, 1.82) is 0 Å². The normalized spacial score (nSPS) is 13.9. The smallest absolute Gasteiger partial charge is 0.258 e. The second-order valence-electron chi connectivity index (χ2n) is 6.28. The second kappa shape index (κ2) is 9.72. The number of aromatic nitrogens is 2. The Hall–Kier alpha value is -2.87. The predicted molar refractivity (Wildman–Crippen MR) is 103 cm³/mol. The van der Waals surface area contributed by atoms with Crippen LogP contribution in [-0.4, -0.2) is 62.1 Å². The van der Waals surface area contributed by atoms with Gasteiger partial charge in [-0.25, -0.2) is 0 Å². The molecule has 1 saturated heterocycles. The van der Waals surface area contributed by atoms with Crippen molar-refractivity contribution >= 4 is 17.4 Å². The van der Waals surface area contributed by atoms with E-state index in [1.807, 2.05) is 37.3 Å². The number of carbonyl (C=O) groups is 1. The molecule has 0 bridgehead atoms. The number of carbonyl (C=O) groups excluding carboxylic acids is 1. The van der Waals surface area contributed by atoms with Gasteiger partial charge in [0.2, 0.25) is 0 Å². The van der Waals surface area contributed by atoms with Gasteiger partial charge in [-0.3, -0.25) is 4.79 Å². The molecule has 27 heavy (non-hydrogen) atoms. The lowest BCUT2D eigenvalue weighted by molar-refractivity contribution is -0.123. The van der Waals surface area contributed by atoms with Gasteiger partial charge in [-0.1, -0.05) is 17.7 Å². The summed E-state index contributed by atoms with van der Waals surface area (Å²) in [6.45, 7) is 6.17. The quantitative estimate of drug-likeness (QED) is 0.675. The average molecular weight is 371 g/mol. The summed E-state index contributed by atoms with van der Waals surface area (Å²) in [5, 5.41) is 14.1. The van der Waals surface area contributed by atoms with Gasteiger partial charge in [-0.2, -0.15) is 5.10 Å². The van der Waals surface area contributed by atoms with E-state index in [0.29, 0.717) is 24.7 Å². The average Bonchev–Trinajstić information content (AvgIpc) is 2.72. The van der Waals surface area contributed by atoms with Crippen molar-refractivity contribution in [2.75, 3.05) is 56.2 Å². The van der Waals surface area contributed by atoms with Crippen LogP contribution >= 0.6 is 0 Å². The molecule has 8 heteroatoms. The van der Waals surface area contributed by atoms with Crippen LogP contribution in [0.4, 0.5) is 11.5 Å². The van der Waals surface area contributed by atoms with E-state index >= 15 is 0 Å². The molecule has 3 rings (SSSR count). The Kier molecular flexibility index (Phi) is 6.81. The molecule has 2 aromatic rings. The van der Waals surface area contributed by atoms with E-state index in [4.69, 9.17) is 9.47 Å². The molecular formula is C19H25N5O3. The van der Waals surface area contributed by atoms with Crippen LogP contribution in [0.15, 0.2) is 36.5 Å². The van der Waals surface area contributed by atoms with Crippen molar-refractivity contribution < 1.29 is 14.3 Å². The molecule has 0 atom stereocenters. The van der Waals surface area contributed by atoms with E-state index in [-0.39, 0.29) is 12.5 Å². The number of rotatable bonds is 8. The first-order valence-electron chi connectivity index (χ1n) is 9.06. The highest BCUT2D eigenvalue weighted by molar-refractivity contribution is 5.77. The number of anilines is 2. The number of aryl methyl sites for hydroxylation is 1. The van der Waals surface area contributed by atoms with Gasteiger partial charge in [-0.15, -0.1) is 5.10 Å². The number of nitrogens with zero attached hydrogens (tertiary/aromatic N) is 3. The summed E-state index contributed by atoms with van der Waals surface area (Å²) in [5.74, 6) is 1.21. The van der Waals surface area contributed by atoms with E-state index in [1.165, 1.54) is 0 Å². The molecule has 0 radical (unpaired) electrons. The van der Waals surface area contributed by atoms with Gasteiger partial charge < -0.3 is 25.0 Å². The summed E-state index contributed by atoms with van der Waals surface area (Å²) >= 11 is 0. The molecule has 2 heterocycles. The molecule has 1 aliphatic heterocycles. The first-order valence-corrected chi connectivity index (χ1v) is 9.06. The number of amides is 1. The summed E-state index contributed by atoms with van der Waals surface area (Å²) in [5.41, 5.74) is 2.17. The molecule has 1 amide bonds. The van der Waals surface area contributed by atoms with Crippen LogP contribution in [0.5, 0.6) is 5.75 Å². The highest BCUT2D eigenvalue weighted by atomic mass is 16.5. The molecule has 1 aromatic carbocycles. The van der Waals surface area contributed by atoms with Crippen LogP contribution in [0.2, 0.25) is 0 Å². The van der Waals surface area contributed by atoms with Gasteiger partial charge in [0, 0.05) is 32.2 Å². The van der Waals surface area contributed by atoms with Gasteiger partial charge >= 0.3 is 0 Å². The summed E-state index contributed by atoms with van der Waals surface area (Å²) in [7, 11) is 0. The molecule has 2 N–H and O–H groups in total. The minimum absolute atomic E-state index is 0.00458. The third kappa shape index (κ3) is 6.10. The first kappa shape index (κ1) is 18.9. The SMILES string of the molecule is Cc1ccc(OCC(=O)NCCNc2cc(N3CCOCC3)cnn2)cc1. The molecule has 1 aromatic heterocycles. The first-order chi connectivity index (χ1) is 13.2. The predicted octanol–water partition coefficient (Wildman–Crippen LogP) is 1.23. The second-order valence-corrected chi connectivity index (χ2v) is 6.28. The Morgan fingerprint density at radius 1 is 1.22 bits per heavy atom.